The van der Waals surface area contributed by atoms with E-state index in [-0.39, 0.29) is 18.1 Å². The summed E-state index contributed by atoms with van der Waals surface area (Å²) in [6.07, 6.45) is 3.46. The van der Waals surface area contributed by atoms with Crippen LogP contribution in [0.2, 0.25) is 0 Å². The number of hydrogen-bond acceptors (Lipinski definition) is 5. The van der Waals surface area contributed by atoms with E-state index >= 15 is 0 Å². The summed E-state index contributed by atoms with van der Waals surface area (Å²) in [6, 6.07) is 17.7. The zero-order valence-corrected chi connectivity index (χ0v) is 19.2. The molecule has 3 atom stereocenters. The highest BCUT2D eigenvalue weighted by atomic mass is 16.5. The van der Waals surface area contributed by atoms with Crippen LogP contribution in [-0.2, 0) is 9.53 Å². The second-order valence-corrected chi connectivity index (χ2v) is 9.02. The van der Waals surface area contributed by atoms with Crippen LogP contribution in [0.25, 0.3) is 0 Å². The molecule has 0 aromatic heterocycles. The van der Waals surface area contributed by atoms with Gasteiger partial charge in [0, 0.05) is 38.6 Å². The fourth-order valence-corrected chi connectivity index (χ4v) is 4.86. The lowest BCUT2D eigenvalue weighted by Crippen LogP contribution is -2.50. The highest BCUT2D eigenvalue weighted by Gasteiger charge is 2.30. The number of anilines is 1. The zero-order chi connectivity index (χ0) is 22.3. The van der Waals surface area contributed by atoms with Crippen LogP contribution in [0.1, 0.15) is 33.1 Å². The number of para-hydroxylation sites is 3. The normalized spacial score (nSPS) is 24.4. The third-order valence-electron chi connectivity index (χ3n) is 6.22. The highest BCUT2D eigenvalue weighted by molar-refractivity contribution is 5.92. The highest BCUT2D eigenvalue weighted by Crippen LogP contribution is 2.29. The number of benzene rings is 2. The van der Waals surface area contributed by atoms with Crippen molar-refractivity contribution in [3.05, 3.63) is 54.6 Å². The van der Waals surface area contributed by atoms with Gasteiger partial charge in [-0.15, -0.1) is 0 Å². The van der Waals surface area contributed by atoms with Gasteiger partial charge in [0.05, 0.1) is 17.9 Å². The van der Waals surface area contributed by atoms with Crippen molar-refractivity contribution in [1.82, 2.24) is 9.80 Å². The molecule has 0 aliphatic carbocycles. The Morgan fingerprint density at radius 2 is 1.78 bits per heavy atom. The lowest BCUT2D eigenvalue weighted by molar-refractivity contribution is -0.116. The summed E-state index contributed by atoms with van der Waals surface area (Å²) in [6.45, 7) is 9.21. The Labute approximate surface area is 191 Å². The monoisotopic (exact) mass is 437 g/mol. The van der Waals surface area contributed by atoms with Crippen molar-refractivity contribution in [2.75, 3.05) is 38.0 Å². The van der Waals surface area contributed by atoms with Crippen LogP contribution in [0, 0.1) is 0 Å². The molecule has 0 radical (unpaired) electrons. The Hall–Kier alpha value is -2.41. The molecule has 1 amide bonds. The van der Waals surface area contributed by atoms with Gasteiger partial charge in [0.25, 0.3) is 0 Å². The maximum Gasteiger partial charge on any atom is 0.225 e. The Bertz CT molecular complexity index is 866. The second kappa shape index (κ2) is 10.9. The molecule has 4 rings (SSSR count). The number of nitrogens with one attached hydrogen (secondary N) is 1. The number of ether oxygens (including phenoxy) is 2. The lowest BCUT2D eigenvalue weighted by Gasteiger charge is -2.38. The minimum atomic E-state index is 0.0216. The van der Waals surface area contributed by atoms with Crippen molar-refractivity contribution in [2.24, 2.45) is 0 Å². The molecule has 2 aromatic rings. The van der Waals surface area contributed by atoms with Crippen LogP contribution < -0.4 is 10.1 Å². The van der Waals surface area contributed by atoms with Crippen LogP contribution in [0.15, 0.2) is 54.6 Å². The van der Waals surface area contributed by atoms with Gasteiger partial charge in [0.1, 0.15) is 5.75 Å². The average Bonchev–Trinajstić information content (AvgIpc) is 3.20. The van der Waals surface area contributed by atoms with E-state index in [1.54, 1.807) is 0 Å². The molecular formula is C26H35N3O3. The molecule has 2 aliphatic rings. The van der Waals surface area contributed by atoms with Crippen molar-refractivity contribution in [2.45, 2.75) is 51.4 Å². The molecule has 2 aromatic carbocycles. The molecule has 0 bridgehead atoms. The standard InChI is InChI=1S/C26H35N3O3/c1-20-17-28(18-21(2)31-20)19-22-9-8-15-29(22)16-14-26(30)27-24-12-6-7-13-25(24)32-23-10-4-3-5-11-23/h3-7,10-13,20-22H,8-9,14-19H2,1-2H3,(H,27,30). The molecule has 2 heterocycles. The van der Waals surface area contributed by atoms with Crippen LogP contribution in [0.4, 0.5) is 5.69 Å². The van der Waals surface area contributed by atoms with Crippen molar-refractivity contribution >= 4 is 11.6 Å². The Morgan fingerprint density at radius 3 is 2.56 bits per heavy atom. The van der Waals surface area contributed by atoms with Crippen molar-refractivity contribution in [1.29, 1.82) is 0 Å². The Morgan fingerprint density at radius 1 is 1.06 bits per heavy atom. The number of morpholine rings is 1. The number of rotatable bonds is 8. The molecule has 1 N–H and O–H groups in total. The molecule has 6 nitrogen and oxygen atoms in total. The van der Waals surface area contributed by atoms with E-state index in [1.165, 1.54) is 12.8 Å². The molecule has 0 saturated carbocycles. The summed E-state index contributed by atoms with van der Waals surface area (Å²) in [5, 5.41) is 3.05. The van der Waals surface area contributed by atoms with E-state index in [0.29, 0.717) is 23.9 Å². The molecule has 6 heteroatoms. The first-order chi connectivity index (χ1) is 15.6. The molecule has 0 spiro atoms. The summed E-state index contributed by atoms with van der Waals surface area (Å²) in [7, 11) is 0. The number of carbonyl (C=O) groups is 1. The lowest BCUT2D eigenvalue weighted by atomic mass is 10.1. The van der Waals surface area contributed by atoms with Gasteiger partial charge >= 0.3 is 0 Å². The van der Waals surface area contributed by atoms with Crippen LogP contribution in [0.3, 0.4) is 0 Å². The third kappa shape index (κ3) is 6.31. The van der Waals surface area contributed by atoms with Gasteiger partial charge in [-0.2, -0.15) is 0 Å². The van der Waals surface area contributed by atoms with E-state index < -0.39 is 0 Å². The minimum absolute atomic E-state index is 0.0216. The van der Waals surface area contributed by atoms with Gasteiger partial charge in [0.15, 0.2) is 5.75 Å². The smallest absolute Gasteiger partial charge is 0.225 e. The number of carbonyl (C=O) groups excluding carboxylic acids is 1. The van der Waals surface area contributed by atoms with Gasteiger partial charge in [-0.05, 0) is 57.5 Å². The third-order valence-corrected chi connectivity index (χ3v) is 6.22. The van der Waals surface area contributed by atoms with Gasteiger partial charge in [-0.1, -0.05) is 30.3 Å². The first kappa shape index (κ1) is 22.8. The maximum atomic E-state index is 12.7. The van der Waals surface area contributed by atoms with E-state index in [4.69, 9.17) is 9.47 Å². The van der Waals surface area contributed by atoms with Gasteiger partial charge in [0.2, 0.25) is 5.91 Å². The average molecular weight is 438 g/mol. The van der Waals surface area contributed by atoms with Crippen molar-refractivity contribution in [3.63, 3.8) is 0 Å². The number of nitrogens with zero attached hydrogens (tertiary/aromatic N) is 2. The largest absolute Gasteiger partial charge is 0.455 e. The van der Waals surface area contributed by atoms with Crippen molar-refractivity contribution in [3.8, 4) is 11.5 Å². The summed E-state index contributed by atoms with van der Waals surface area (Å²) in [5.74, 6) is 1.43. The number of likely N-dealkylation sites (tertiary alicyclic amines) is 1. The Balaban J connectivity index is 1.28. The topological polar surface area (TPSA) is 54.0 Å². The quantitative estimate of drug-likeness (QED) is 0.664. The summed E-state index contributed by atoms with van der Waals surface area (Å²) in [5.41, 5.74) is 0.704. The minimum Gasteiger partial charge on any atom is -0.455 e. The fourth-order valence-electron chi connectivity index (χ4n) is 4.86. The predicted molar refractivity (Wildman–Crippen MR) is 127 cm³/mol. The molecule has 32 heavy (non-hydrogen) atoms. The van der Waals surface area contributed by atoms with Crippen LogP contribution in [-0.4, -0.2) is 66.7 Å². The molecule has 2 saturated heterocycles. The van der Waals surface area contributed by atoms with E-state index in [9.17, 15) is 4.79 Å². The van der Waals surface area contributed by atoms with Crippen LogP contribution >= 0.6 is 0 Å². The predicted octanol–water partition coefficient (Wildman–Crippen LogP) is 4.38. The maximum absolute atomic E-state index is 12.7. The van der Waals surface area contributed by atoms with Gasteiger partial charge in [-0.3, -0.25) is 14.6 Å². The number of hydrogen-bond donors (Lipinski definition) is 1. The van der Waals surface area contributed by atoms with E-state index in [0.717, 1.165) is 38.5 Å². The zero-order valence-electron chi connectivity index (χ0n) is 19.2. The molecule has 2 aliphatic heterocycles. The molecule has 3 unspecified atom stereocenters. The van der Waals surface area contributed by atoms with E-state index in [1.807, 2.05) is 54.6 Å². The SMILES string of the molecule is CC1CN(CC2CCCN2CCC(=O)Nc2ccccc2Oc2ccccc2)CC(C)O1. The molecular weight excluding hydrogens is 402 g/mol. The number of amides is 1. The van der Waals surface area contributed by atoms with Gasteiger partial charge < -0.3 is 14.8 Å². The summed E-state index contributed by atoms with van der Waals surface area (Å²) < 4.78 is 11.8. The summed E-state index contributed by atoms with van der Waals surface area (Å²) >= 11 is 0. The first-order valence-electron chi connectivity index (χ1n) is 11.8. The van der Waals surface area contributed by atoms with Crippen molar-refractivity contribution < 1.29 is 14.3 Å². The second-order valence-electron chi connectivity index (χ2n) is 9.02. The molecule has 2 fully saturated rings. The van der Waals surface area contributed by atoms with E-state index in [2.05, 4.69) is 29.0 Å². The van der Waals surface area contributed by atoms with Gasteiger partial charge in [-0.25, -0.2) is 0 Å². The first-order valence-corrected chi connectivity index (χ1v) is 11.8. The summed E-state index contributed by atoms with van der Waals surface area (Å²) in [4.78, 5) is 17.7. The fraction of sp³-hybridized carbons (Fsp3) is 0.500. The molecule has 172 valence electrons. The van der Waals surface area contributed by atoms with Crippen LogP contribution in [0.5, 0.6) is 11.5 Å². The Kier molecular flexibility index (Phi) is 7.79.